The van der Waals surface area contributed by atoms with Gasteiger partial charge in [0.2, 0.25) is 5.76 Å². The maximum atomic E-state index is 11.3. The highest BCUT2D eigenvalue weighted by molar-refractivity contribution is 9.10. The Labute approximate surface area is 95.1 Å². The number of methoxy groups -OCH3 is 1. The van der Waals surface area contributed by atoms with Crippen molar-refractivity contribution in [3.05, 3.63) is 34.0 Å². The van der Waals surface area contributed by atoms with Crippen molar-refractivity contribution in [2.45, 2.75) is 6.92 Å². The summed E-state index contributed by atoms with van der Waals surface area (Å²) in [5.41, 5.74) is 1.70. The summed E-state index contributed by atoms with van der Waals surface area (Å²) in [7, 11) is 1.33. The molecule has 0 aliphatic carbocycles. The Morgan fingerprint density at radius 1 is 1.40 bits per heavy atom. The third-order valence-electron chi connectivity index (χ3n) is 2.15. The van der Waals surface area contributed by atoms with Gasteiger partial charge >= 0.3 is 5.97 Å². The second-order valence-corrected chi connectivity index (χ2v) is 4.16. The fraction of sp³-hybridized carbons (Fsp3) is 0.182. The Hall–Kier alpha value is -1.29. The van der Waals surface area contributed by atoms with Gasteiger partial charge in [-0.1, -0.05) is 15.9 Å². The molecule has 0 fully saturated rings. The van der Waals surface area contributed by atoms with Crippen LogP contribution in [0.4, 0.5) is 0 Å². The van der Waals surface area contributed by atoms with E-state index in [4.69, 9.17) is 4.42 Å². The van der Waals surface area contributed by atoms with E-state index in [1.807, 2.05) is 19.1 Å². The van der Waals surface area contributed by atoms with Gasteiger partial charge in [-0.15, -0.1) is 0 Å². The lowest BCUT2D eigenvalue weighted by Gasteiger charge is -1.95. The number of halogens is 1. The SMILES string of the molecule is COC(=O)c1cc2cc(Br)cc(C)c2o1. The maximum Gasteiger partial charge on any atom is 0.373 e. The van der Waals surface area contributed by atoms with E-state index < -0.39 is 5.97 Å². The number of hydrogen-bond acceptors (Lipinski definition) is 3. The molecule has 0 bridgehead atoms. The summed E-state index contributed by atoms with van der Waals surface area (Å²) in [6.45, 7) is 1.93. The van der Waals surface area contributed by atoms with Crippen LogP contribution >= 0.6 is 15.9 Å². The molecule has 4 heteroatoms. The smallest absolute Gasteiger partial charge is 0.373 e. The standard InChI is InChI=1S/C11H9BrO3/c1-6-3-8(12)4-7-5-9(11(13)14-2)15-10(6)7/h3-5H,1-2H3. The van der Waals surface area contributed by atoms with Crippen molar-refractivity contribution in [1.29, 1.82) is 0 Å². The number of fused-ring (bicyclic) bond motifs is 1. The van der Waals surface area contributed by atoms with E-state index in [1.165, 1.54) is 7.11 Å². The van der Waals surface area contributed by atoms with Crippen LogP contribution in [0.5, 0.6) is 0 Å². The van der Waals surface area contributed by atoms with E-state index >= 15 is 0 Å². The lowest BCUT2D eigenvalue weighted by Crippen LogP contribution is -1.97. The molecule has 2 aromatic rings. The summed E-state index contributed by atoms with van der Waals surface area (Å²) in [5, 5.41) is 0.891. The maximum absolute atomic E-state index is 11.3. The van der Waals surface area contributed by atoms with Gasteiger partial charge in [0.1, 0.15) is 5.58 Å². The molecule has 1 aromatic carbocycles. The normalized spacial score (nSPS) is 10.6. The summed E-state index contributed by atoms with van der Waals surface area (Å²) < 4.78 is 11.0. The van der Waals surface area contributed by atoms with Crippen molar-refractivity contribution in [3.63, 3.8) is 0 Å². The van der Waals surface area contributed by atoms with Gasteiger partial charge in [-0.2, -0.15) is 0 Å². The summed E-state index contributed by atoms with van der Waals surface area (Å²) in [6, 6.07) is 5.52. The van der Waals surface area contributed by atoms with Crippen molar-refractivity contribution in [3.8, 4) is 0 Å². The number of aryl methyl sites for hydroxylation is 1. The molecular formula is C11H9BrO3. The molecule has 0 saturated carbocycles. The topological polar surface area (TPSA) is 39.4 Å². The zero-order valence-electron chi connectivity index (χ0n) is 8.33. The molecule has 0 unspecified atom stereocenters. The molecule has 0 atom stereocenters. The first-order valence-corrected chi connectivity index (χ1v) is 5.19. The van der Waals surface area contributed by atoms with Crippen molar-refractivity contribution in [2.75, 3.05) is 7.11 Å². The third kappa shape index (κ3) is 1.77. The average Bonchev–Trinajstić information content (AvgIpc) is 2.60. The number of carbonyl (C=O) groups is 1. The number of ether oxygens (including phenoxy) is 1. The zero-order valence-corrected chi connectivity index (χ0v) is 9.92. The first-order valence-electron chi connectivity index (χ1n) is 4.40. The Kier molecular flexibility index (Phi) is 2.52. The van der Waals surface area contributed by atoms with Gasteiger partial charge in [0.15, 0.2) is 0 Å². The summed E-state index contributed by atoms with van der Waals surface area (Å²) in [4.78, 5) is 11.3. The summed E-state index contributed by atoms with van der Waals surface area (Å²) in [5.74, 6) is -0.226. The highest BCUT2D eigenvalue weighted by Gasteiger charge is 2.13. The minimum absolute atomic E-state index is 0.230. The van der Waals surface area contributed by atoms with Crippen LogP contribution in [0.25, 0.3) is 11.0 Å². The van der Waals surface area contributed by atoms with Crippen LogP contribution in [0.3, 0.4) is 0 Å². The first kappa shape index (κ1) is 10.2. The molecule has 1 aromatic heterocycles. The molecule has 0 radical (unpaired) electrons. The van der Waals surface area contributed by atoms with Crippen molar-refractivity contribution < 1.29 is 13.9 Å². The van der Waals surface area contributed by atoms with E-state index in [0.29, 0.717) is 0 Å². The molecule has 1 heterocycles. The van der Waals surface area contributed by atoms with Crippen LogP contribution in [0.1, 0.15) is 16.1 Å². The quantitative estimate of drug-likeness (QED) is 0.746. The largest absolute Gasteiger partial charge is 0.463 e. The molecular weight excluding hydrogens is 260 g/mol. The Morgan fingerprint density at radius 2 is 2.13 bits per heavy atom. The molecule has 78 valence electrons. The molecule has 15 heavy (non-hydrogen) atoms. The fourth-order valence-electron chi connectivity index (χ4n) is 1.48. The lowest BCUT2D eigenvalue weighted by molar-refractivity contribution is 0.0567. The fourth-order valence-corrected chi connectivity index (χ4v) is 2.07. The lowest BCUT2D eigenvalue weighted by atomic mass is 10.2. The summed E-state index contributed by atoms with van der Waals surface area (Å²) >= 11 is 3.39. The second-order valence-electron chi connectivity index (χ2n) is 3.24. The van der Waals surface area contributed by atoms with Crippen molar-refractivity contribution >= 4 is 32.9 Å². The minimum atomic E-state index is -0.457. The first-order chi connectivity index (χ1) is 7.11. The molecule has 0 aliphatic heterocycles. The number of carbonyl (C=O) groups excluding carboxylic acids is 1. The van der Waals surface area contributed by atoms with Crippen LogP contribution in [-0.2, 0) is 4.74 Å². The zero-order chi connectivity index (χ0) is 11.0. The predicted octanol–water partition coefficient (Wildman–Crippen LogP) is 3.29. The minimum Gasteiger partial charge on any atom is -0.463 e. The molecule has 0 spiro atoms. The molecule has 0 N–H and O–H groups in total. The van der Waals surface area contributed by atoms with Crippen molar-refractivity contribution in [1.82, 2.24) is 0 Å². The van der Waals surface area contributed by atoms with Gasteiger partial charge in [-0.25, -0.2) is 4.79 Å². The van der Waals surface area contributed by atoms with Crippen LogP contribution in [0.15, 0.2) is 27.1 Å². The number of benzene rings is 1. The number of esters is 1. The van der Waals surface area contributed by atoms with Crippen LogP contribution in [0.2, 0.25) is 0 Å². The van der Waals surface area contributed by atoms with Gasteiger partial charge in [0.25, 0.3) is 0 Å². The molecule has 0 saturated heterocycles. The Morgan fingerprint density at radius 3 is 2.80 bits per heavy atom. The van der Waals surface area contributed by atoms with Gasteiger partial charge < -0.3 is 9.15 Å². The van der Waals surface area contributed by atoms with Gasteiger partial charge in [0.05, 0.1) is 7.11 Å². The third-order valence-corrected chi connectivity index (χ3v) is 2.61. The van der Waals surface area contributed by atoms with E-state index in [2.05, 4.69) is 20.7 Å². The van der Waals surface area contributed by atoms with Crippen LogP contribution in [-0.4, -0.2) is 13.1 Å². The molecule has 0 amide bonds. The van der Waals surface area contributed by atoms with E-state index in [-0.39, 0.29) is 5.76 Å². The predicted molar refractivity (Wildman–Crippen MR) is 60.0 cm³/mol. The highest BCUT2D eigenvalue weighted by Crippen LogP contribution is 2.27. The summed E-state index contributed by atoms with van der Waals surface area (Å²) in [6.07, 6.45) is 0. The van der Waals surface area contributed by atoms with Crippen molar-refractivity contribution in [2.24, 2.45) is 0 Å². The van der Waals surface area contributed by atoms with Gasteiger partial charge in [-0.05, 0) is 30.7 Å². The van der Waals surface area contributed by atoms with E-state index in [9.17, 15) is 4.79 Å². The van der Waals surface area contributed by atoms with E-state index in [0.717, 1.165) is 21.0 Å². The average molecular weight is 269 g/mol. The second kappa shape index (κ2) is 3.70. The highest BCUT2D eigenvalue weighted by atomic mass is 79.9. The monoisotopic (exact) mass is 268 g/mol. The number of rotatable bonds is 1. The van der Waals surface area contributed by atoms with E-state index in [1.54, 1.807) is 6.07 Å². The number of furan rings is 1. The molecule has 3 nitrogen and oxygen atoms in total. The number of hydrogen-bond donors (Lipinski definition) is 0. The Balaban J connectivity index is 2.65. The van der Waals surface area contributed by atoms with Crippen LogP contribution < -0.4 is 0 Å². The van der Waals surface area contributed by atoms with Crippen LogP contribution in [0, 0.1) is 6.92 Å². The molecule has 0 aliphatic rings. The molecule has 2 rings (SSSR count). The Bertz CT molecular complexity index is 528. The van der Waals surface area contributed by atoms with Gasteiger partial charge in [-0.3, -0.25) is 0 Å². The van der Waals surface area contributed by atoms with Gasteiger partial charge in [0, 0.05) is 9.86 Å².